The maximum atomic E-state index is 12.5. The lowest BCUT2D eigenvalue weighted by Gasteiger charge is -2.26. The van der Waals surface area contributed by atoms with Crippen LogP contribution >= 0.6 is 11.3 Å². The Balaban J connectivity index is 1.59. The minimum Gasteiger partial charge on any atom is -0.481 e. The minimum atomic E-state index is -0.714. The maximum Gasteiger partial charge on any atom is 0.306 e. The van der Waals surface area contributed by atoms with Gasteiger partial charge in [0.05, 0.1) is 16.6 Å². The van der Waals surface area contributed by atoms with E-state index in [1.54, 1.807) is 11.3 Å². The number of carbonyl (C=O) groups is 2. The highest BCUT2D eigenvalue weighted by Gasteiger charge is 2.28. The molecule has 3 rings (SSSR count). The Labute approximate surface area is 140 Å². The Morgan fingerprint density at radius 2 is 1.78 bits per heavy atom. The van der Waals surface area contributed by atoms with Crippen LogP contribution in [-0.4, -0.2) is 28.0 Å². The van der Waals surface area contributed by atoms with E-state index in [0.29, 0.717) is 18.8 Å². The number of carbonyl (C=O) groups excluding carboxylic acids is 1. The Hall–Kier alpha value is -1.43. The van der Waals surface area contributed by atoms with E-state index in [1.807, 2.05) is 6.92 Å². The Morgan fingerprint density at radius 3 is 2.39 bits per heavy atom. The number of carboxylic acid groups (broad SMARTS) is 1. The fraction of sp³-hybridized carbons (Fsp3) is 0.706. The molecule has 5 nitrogen and oxygen atoms in total. The Bertz CT molecular complexity index is 585. The zero-order valence-electron chi connectivity index (χ0n) is 13.5. The number of amides is 1. The molecule has 2 aliphatic rings. The zero-order chi connectivity index (χ0) is 16.4. The van der Waals surface area contributed by atoms with Gasteiger partial charge in [0.1, 0.15) is 4.88 Å². The third-order valence-corrected chi connectivity index (χ3v) is 6.45. The molecule has 1 aromatic heterocycles. The number of aliphatic carboxylic acids is 1. The lowest BCUT2D eigenvalue weighted by Crippen LogP contribution is -2.38. The van der Waals surface area contributed by atoms with E-state index in [1.165, 1.54) is 25.7 Å². The first kappa shape index (κ1) is 16.4. The third kappa shape index (κ3) is 3.74. The van der Waals surface area contributed by atoms with Crippen molar-refractivity contribution in [3.8, 4) is 0 Å². The van der Waals surface area contributed by atoms with E-state index in [-0.39, 0.29) is 17.9 Å². The molecule has 2 saturated carbocycles. The van der Waals surface area contributed by atoms with Crippen molar-refractivity contribution in [3.05, 3.63) is 15.6 Å². The summed E-state index contributed by atoms with van der Waals surface area (Å²) in [5, 5.41) is 13.2. The van der Waals surface area contributed by atoms with Gasteiger partial charge in [-0.3, -0.25) is 9.59 Å². The highest BCUT2D eigenvalue weighted by atomic mass is 32.1. The molecule has 1 heterocycles. The first-order valence-corrected chi connectivity index (χ1v) is 9.37. The normalized spacial score (nSPS) is 25.4. The summed E-state index contributed by atoms with van der Waals surface area (Å²) in [5.74, 6) is -0.467. The lowest BCUT2D eigenvalue weighted by atomic mass is 9.86. The standard InChI is InChI=1S/C17H24N2O3S/c1-10-14(23-16(18-10)11-4-2-3-5-11)15(20)19-13-8-6-12(7-9-13)17(21)22/h11-13H,2-9H2,1H3,(H,19,20)(H,21,22). The van der Waals surface area contributed by atoms with E-state index in [9.17, 15) is 9.59 Å². The Kier molecular flexibility index (Phi) is 4.99. The van der Waals surface area contributed by atoms with E-state index in [2.05, 4.69) is 10.3 Å². The number of aryl methyl sites for hydroxylation is 1. The zero-order valence-corrected chi connectivity index (χ0v) is 14.3. The van der Waals surface area contributed by atoms with Crippen molar-refractivity contribution in [3.63, 3.8) is 0 Å². The number of hydrogen-bond donors (Lipinski definition) is 2. The molecule has 0 spiro atoms. The van der Waals surface area contributed by atoms with Gasteiger partial charge < -0.3 is 10.4 Å². The predicted octanol–water partition coefficient (Wildman–Crippen LogP) is 3.48. The molecule has 2 N–H and O–H groups in total. The average Bonchev–Trinajstić information content (AvgIpc) is 3.16. The van der Waals surface area contributed by atoms with E-state index >= 15 is 0 Å². The third-order valence-electron chi connectivity index (χ3n) is 5.14. The SMILES string of the molecule is Cc1nc(C2CCCC2)sc1C(=O)NC1CCC(C(=O)O)CC1. The van der Waals surface area contributed by atoms with Crippen LogP contribution in [0.4, 0.5) is 0 Å². The van der Waals surface area contributed by atoms with Gasteiger partial charge in [0.25, 0.3) is 5.91 Å². The highest BCUT2D eigenvalue weighted by Crippen LogP contribution is 2.37. The molecule has 0 saturated heterocycles. The molecular weight excluding hydrogens is 312 g/mol. The van der Waals surface area contributed by atoms with Crippen LogP contribution in [0.1, 0.15) is 77.7 Å². The number of aromatic nitrogens is 1. The summed E-state index contributed by atoms with van der Waals surface area (Å²) >= 11 is 1.54. The monoisotopic (exact) mass is 336 g/mol. The quantitative estimate of drug-likeness (QED) is 0.882. The maximum absolute atomic E-state index is 12.5. The van der Waals surface area contributed by atoms with Crippen LogP contribution in [0, 0.1) is 12.8 Å². The van der Waals surface area contributed by atoms with Crippen LogP contribution in [0.3, 0.4) is 0 Å². The second-order valence-corrected chi connectivity index (χ2v) is 7.84. The van der Waals surface area contributed by atoms with Gasteiger partial charge in [0, 0.05) is 12.0 Å². The van der Waals surface area contributed by atoms with Crippen LogP contribution in [0.5, 0.6) is 0 Å². The average molecular weight is 336 g/mol. The van der Waals surface area contributed by atoms with Gasteiger partial charge in [0.2, 0.25) is 0 Å². The highest BCUT2D eigenvalue weighted by molar-refractivity contribution is 7.13. The molecule has 1 amide bonds. The number of nitrogens with zero attached hydrogens (tertiary/aromatic N) is 1. The topological polar surface area (TPSA) is 79.3 Å². The fourth-order valence-corrected chi connectivity index (χ4v) is 4.85. The van der Waals surface area contributed by atoms with Gasteiger partial charge in [-0.2, -0.15) is 0 Å². The summed E-state index contributed by atoms with van der Waals surface area (Å²) in [7, 11) is 0. The molecule has 0 radical (unpaired) electrons. The summed E-state index contributed by atoms with van der Waals surface area (Å²) in [6.07, 6.45) is 7.69. The Morgan fingerprint density at radius 1 is 1.13 bits per heavy atom. The van der Waals surface area contributed by atoms with Crippen molar-refractivity contribution >= 4 is 23.2 Å². The van der Waals surface area contributed by atoms with Crippen molar-refractivity contribution in [2.75, 3.05) is 0 Å². The van der Waals surface area contributed by atoms with Crippen LogP contribution < -0.4 is 5.32 Å². The second-order valence-electron chi connectivity index (χ2n) is 6.81. The summed E-state index contributed by atoms with van der Waals surface area (Å²) < 4.78 is 0. The number of thiazole rings is 1. The van der Waals surface area contributed by atoms with Gasteiger partial charge in [0.15, 0.2) is 0 Å². The minimum absolute atomic E-state index is 0.0389. The second kappa shape index (κ2) is 6.99. The first-order chi connectivity index (χ1) is 11.0. The van der Waals surface area contributed by atoms with Crippen molar-refractivity contribution < 1.29 is 14.7 Å². The first-order valence-electron chi connectivity index (χ1n) is 8.55. The molecule has 6 heteroatoms. The van der Waals surface area contributed by atoms with E-state index < -0.39 is 5.97 Å². The van der Waals surface area contributed by atoms with E-state index in [0.717, 1.165) is 28.4 Å². The number of nitrogens with one attached hydrogen (secondary N) is 1. The van der Waals surface area contributed by atoms with Crippen LogP contribution in [0.2, 0.25) is 0 Å². The predicted molar refractivity (Wildman–Crippen MR) is 88.9 cm³/mol. The molecular formula is C17H24N2O3S. The van der Waals surface area contributed by atoms with Gasteiger partial charge in [-0.1, -0.05) is 12.8 Å². The molecule has 1 aromatic rings. The summed E-state index contributed by atoms with van der Waals surface area (Å²) in [6.45, 7) is 1.91. The number of hydrogen-bond acceptors (Lipinski definition) is 4. The summed E-state index contributed by atoms with van der Waals surface area (Å²) in [5.41, 5.74) is 0.827. The molecule has 0 aromatic carbocycles. The molecule has 0 unspecified atom stereocenters. The molecule has 0 bridgehead atoms. The van der Waals surface area contributed by atoms with Gasteiger partial charge in [-0.25, -0.2) is 4.98 Å². The van der Waals surface area contributed by atoms with Crippen LogP contribution in [0.15, 0.2) is 0 Å². The molecule has 0 atom stereocenters. The van der Waals surface area contributed by atoms with Crippen molar-refractivity contribution in [2.45, 2.75) is 70.3 Å². The summed E-state index contributed by atoms with van der Waals surface area (Å²) in [4.78, 5) is 28.9. The number of rotatable bonds is 4. The van der Waals surface area contributed by atoms with E-state index in [4.69, 9.17) is 5.11 Å². The van der Waals surface area contributed by atoms with Crippen molar-refractivity contribution in [2.24, 2.45) is 5.92 Å². The largest absolute Gasteiger partial charge is 0.481 e. The molecule has 23 heavy (non-hydrogen) atoms. The number of carboxylic acids is 1. The molecule has 2 fully saturated rings. The molecule has 2 aliphatic carbocycles. The van der Waals surface area contributed by atoms with Gasteiger partial charge >= 0.3 is 5.97 Å². The summed E-state index contributed by atoms with van der Waals surface area (Å²) in [6, 6.07) is 0.0922. The van der Waals surface area contributed by atoms with Crippen molar-refractivity contribution in [1.82, 2.24) is 10.3 Å². The molecule has 0 aliphatic heterocycles. The smallest absolute Gasteiger partial charge is 0.306 e. The van der Waals surface area contributed by atoms with Crippen molar-refractivity contribution in [1.29, 1.82) is 0 Å². The van der Waals surface area contributed by atoms with Crippen LogP contribution in [0.25, 0.3) is 0 Å². The fourth-order valence-electron chi connectivity index (χ4n) is 3.71. The lowest BCUT2D eigenvalue weighted by molar-refractivity contribution is -0.142. The molecule has 126 valence electrons. The van der Waals surface area contributed by atoms with Gasteiger partial charge in [-0.15, -0.1) is 11.3 Å². The van der Waals surface area contributed by atoms with Crippen LogP contribution in [-0.2, 0) is 4.79 Å². The van der Waals surface area contributed by atoms with Gasteiger partial charge in [-0.05, 0) is 45.4 Å².